The lowest BCUT2D eigenvalue weighted by molar-refractivity contribution is -0.189. The second-order valence-electron chi connectivity index (χ2n) is 7.97. The molecule has 0 spiro atoms. The van der Waals surface area contributed by atoms with Crippen LogP contribution in [0, 0.1) is 5.92 Å². The minimum absolute atomic E-state index is 0.0158. The molecule has 1 heterocycles. The van der Waals surface area contributed by atoms with E-state index in [0.717, 1.165) is 32.6 Å². The number of nitrogens with two attached hydrogens (primary N) is 1. The molecule has 2 aliphatic carbocycles. The summed E-state index contributed by atoms with van der Waals surface area (Å²) in [5, 5.41) is 2.80. The third-order valence-electron chi connectivity index (χ3n) is 5.33. The molecule has 6 nitrogen and oxygen atoms in total. The number of nitrogens with zero attached hydrogens (tertiary/aromatic N) is 1. The van der Waals surface area contributed by atoms with E-state index in [4.69, 9.17) is 10.5 Å². The van der Waals surface area contributed by atoms with Gasteiger partial charge in [-0.1, -0.05) is 0 Å². The summed E-state index contributed by atoms with van der Waals surface area (Å²) in [6.07, 6.45) is -1.69. The molecule has 2 saturated carbocycles. The van der Waals surface area contributed by atoms with E-state index in [1.54, 1.807) is 6.92 Å². The molecule has 9 heteroatoms. The maximum atomic E-state index is 12.9. The number of carbonyl (C=O) groups excluding carboxylic acids is 2. The maximum Gasteiger partial charge on any atom is 0.425 e. The summed E-state index contributed by atoms with van der Waals surface area (Å²) >= 11 is 0. The van der Waals surface area contributed by atoms with E-state index < -0.39 is 29.6 Å². The van der Waals surface area contributed by atoms with Gasteiger partial charge in [0.1, 0.15) is 11.4 Å². The Kier molecular flexibility index (Phi) is 5.29. The van der Waals surface area contributed by atoms with Gasteiger partial charge in [0.15, 0.2) is 6.10 Å². The van der Waals surface area contributed by atoms with E-state index in [2.05, 4.69) is 10.3 Å². The number of primary amides is 1. The van der Waals surface area contributed by atoms with E-state index in [1.165, 1.54) is 12.3 Å². The molecule has 1 aromatic heterocycles. The molecule has 2 atom stereocenters. The van der Waals surface area contributed by atoms with Gasteiger partial charge in [0.25, 0.3) is 5.91 Å². The van der Waals surface area contributed by atoms with E-state index >= 15 is 0 Å². The zero-order valence-corrected chi connectivity index (χ0v) is 15.8. The van der Waals surface area contributed by atoms with Crippen molar-refractivity contribution in [2.75, 3.05) is 0 Å². The monoisotopic (exact) mass is 399 g/mol. The molecule has 0 aromatic carbocycles. The van der Waals surface area contributed by atoms with E-state index in [0.29, 0.717) is 5.56 Å². The van der Waals surface area contributed by atoms with Crippen LogP contribution in [-0.2, 0) is 4.79 Å². The van der Waals surface area contributed by atoms with Gasteiger partial charge in [0.05, 0.1) is 0 Å². The van der Waals surface area contributed by atoms with E-state index in [-0.39, 0.29) is 29.7 Å². The van der Waals surface area contributed by atoms with Crippen molar-refractivity contribution in [2.45, 2.75) is 69.7 Å². The number of ether oxygens (including phenoxy) is 1. The molecule has 1 unspecified atom stereocenters. The van der Waals surface area contributed by atoms with Crippen LogP contribution in [0.2, 0.25) is 0 Å². The van der Waals surface area contributed by atoms with Crippen molar-refractivity contribution in [1.29, 1.82) is 0 Å². The van der Waals surface area contributed by atoms with Crippen molar-refractivity contribution in [3.63, 3.8) is 0 Å². The summed E-state index contributed by atoms with van der Waals surface area (Å²) in [4.78, 5) is 28.2. The number of carbonyl (C=O) groups is 2. The average molecular weight is 399 g/mol. The van der Waals surface area contributed by atoms with E-state index in [1.807, 2.05) is 0 Å². The molecule has 0 aliphatic heterocycles. The van der Waals surface area contributed by atoms with Gasteiger partial charge in [-0.25, -0.2) is 0 Å². The molecule has 28 heavy (non-hydrogen) atoms. The molecule has 2 aliphatic rings. The fourth-order valence-corrected chi connectivity index (χ4v) is 3.33. The highest BCUT2D eigenvalue weighted by atomic mass is 19.4. The van der Waals surface area contributed by atoms with Crippen molar-refractivity contribution >= 4 is 11.8 Å². The molecule has 154 valence electrons. The number of hydrogen-bond acceptors (Lipinski definition) is 4. The highest BCUT2D eigenvalue weighted by Crippen LogP contribution is 2.45. The lowest BCUT2D eigenvalue weighted by Gasteiger charge is -2.30. The smallest absolute Gasteiger partial charge is 0.425 e. The number of amides is 2. The normalized spacial score (nSPS) is 20.2. The van der Waals surface area contributed by atoms with Gasteiger partial charge in [-0.2, -0.15) is 13.2 Å². The van der Waals surface area contributed by atoms with Crippen molar-refractivity contribution in [3.05, 3.63) is 23.5 Å². The van der Waals surface area contributed by atoms with Crippen LogP contribution in [0.5, 0.6) is 5.75 Å². The van der Waals surface area contributed by atoms with Gasteiger partial charge in [0, 0.05) is 29.8 Å². The van der Waals surface area contributed by atoms with Crippen LogP contribution in [-0.4, -0.2) is 34.6 Å². The van der Waals surface area contributed by atoms with Crippen LogP contribution >= 0.6 is 0 Å². The Morgan fingerprint density at radius 3 is 2.46 bits per heavy atom. The molecule has 3 N–H and O–H groups in total. The summed E-state index contributed by atoms with van der Waals surface area (Å²) in [6.45, 7) is 2.67. The lowest BCUT2D eigenvalue weighted by Crippen LogP contribution is -2.50. The summed E-state index contributed by atoms with van der Waals surface area (Å²) in [5.41, 5.74) is 5.03. The van der Waals surface area contributed by atoms with Gasteiger partial charge in [0.2, 0.25) is 5.91 Å². The van der Waals surface area contributed by atoms with Gasteiger partial charge in [-0.3, -0.25) is 14.6 Å². The first-order chi connectivity index (χ1) is 13.0. The summed E-state index contributed by atoms with van der Waals surface area (Å²) in [6, 6.07) is 1.25. The fraction of sp³-hybridized carbons (Fsp3) is 0.632. The Hall–Kier alpha value is -2.32. The van der Waals surface area contributed by atoms with Gasteiger partial charge < -0.3 is 15.8 Å². The first kappa shape index (κ1) is 20.4. The quantitative estimate of drug-likeness (QED) is 0.702. The Balaban J connectivity index is 1.82. The Labute approximate surface area is 161 Å². The Morgan fingerprint density at radius 1 is 1.32 bits per heavy atom. The predicted octanol–water partition coefficient (Wildman–Crippen LogP) is 3.06. The SMILES string of the molecule is C[C@H](Oc1cc(C(=O)NC(C)(CC(N)=O)C2CC2)ncc1C1CC1)C(F)(F)F. The highest BCUT2D eigenvalue weighted by Gasteiger charge is 2.44. The third-order valence-corrected chi connectivity index (χ3v) is 5.33. The summed E-state index contributed by atoms with van der Waals surface area (Å²) in [7, 11) is 0. The molecule has 2 fully saturated rings. The summed E-state index contributed by atoms with van der Waals surface area (Å²) < 4.78 is 43.9. The number of pyridine rings is 1. The molecule has 0 radical (unpaired) electrons. The van der Waals surface area contributed by atoms with Crippen LogP contribution in [0.15, 0.2) is 12.3 Å². The number of rotatable bonds is 8. The first-order valence-corrected chi connectivity index (χ1v) is 9.34. The van der Waals surface area contributed by atoms with Crippen LogP contribution < -0.4 is 15.8 Å². The van der Waals surface area contributed by atoms with Gasteiger partial charge >= 0.3 is 6.18 Å². The standard InChI is InChI=1S/C19H24F3N3O3/c1-10(19(20,21)22)28-15-7-14(24-9-13(15)11-3-4-11)17(27)25-18(2,8-16(23)26)12-5-6-12/h7,9-12H,3-6,8H2,1-2H3,(H2,23,26)(H,25,27)/t10-,18?/m0/s1. The number of halogens is 3. The molecule has 0 bridgehead atoms. The fourth-order valence-electron chi connectivity index (χ4n) is 3.33. The van der Waals surface area contributed by atoms with Gasteiger partial charge in [-0.15, -0.1) is 0 Å². The number of nitrogens with one attached hydrogen (secondary N) is 1. The summed E-state index contributed by atoms with van der Waals surface area (Å²) in [5.74, 6) is -0.838. The number of alkyl halides is 3. The highest BCUT2D eigenvalue weighted by molar-refractivity contribution is 5.93. The van der Waals surface area contributed by atoms with Crippen molar-refractivity contribution < 1.29 is 27.5 Å². The minimum atomic E-state index is -4.52. The van der Waals surface area contributed by atoms with E-state index in [9.17, 15) is 22.8 Å². The predicted molar refractivity (Wildman–Crippen MR) is 94.8 cm³/mol. The van der Waals surface area contributed by atoms with Crippen LogP contribution in [0.1, 0.15) is 67.9 Å². The van der Waals surface area contributed by atoms with Crippen molar-refractivity contribution in [1.82, 2.24) is 10.3 Å². The second-order valence-corrected chi connectivity index (χ2v) is 7.97. The maximum absolute atomic E-state index is 12.9. The number of hydrogen-bond donors (Lipinski definition) is 2. The van der Waals surface area contributed by atoms with Gasteiger partial charge in [-0.05, 0) is 51.4 Å². The van der Waals surface area contributed by atoms with Crippen molar-refractivity contribution in [3.8, 4) is 5.75 Å². The largest absolute Gasteiger partial charge is 0.481 e. The zero-order chi connectivity index (χ0) is 20.7. The molecular weight excluding hydrogens is 375 g/mol. The third kappa shape index (κ3) is 4.74. The first-order valence-electron chi connectivity index (χ1n) is 9.34. The topological polar surface area (TPSA) is 94.3 Å². The average Bonchev–Trinajstić information content (AvgIpc) is 3.46. The lowest BCUT2D eigenvalue weighted by atomic mass is 9.91. The zero-order valence-electron chi connectivity index (χ0n) is 15.8. The van der Waals surface area contributed by atoms with Crippen molar-refractivity contribution in [2.24, 2.45) is 11.7 Å². The molecule has 3 rings (SSSR count). The molecule has 1 aromatic rings. The Morgan fingerprint density at radius 2 is 1.96 bits per heavy atom. The van der Waals surface area contributed by atoms with Crippen LogP contribution in [0.4, 0.5) is 13.2 Å². The Bertz CT molecular complexity index is 775. The minimum Gasteiger partial charge on any atom is -0.481 e. The van der Waals surface area contributed by atoms with Crippen LogP contribution in [0.25, 0.3) is 0 Å². The molecular formula is C19H24F3N3O3. The second kappa shape index (κ2) is 7.25. The number of aromatic nitrogens is 1. The molecule has 2 amide bonds. The molecule has 0 saturated heterocycles. The van der Waals surface area contributed by atoms with Crippen LogP contribution in [0.3, 0.4) is 0 Å².